The third-order valence-electron chi connectivity index (χ3n) is 2.56. The first-order valence-corrected chi connectivity index (χ1v) is 4.94. The highest BCUT2D eigenvalue weighted by molar-refractivity contribution is 5.95. The number of carbonyl (C=O) groups excluding carboxylic acids is 1. The predicted molar refractivity (Wildman–Crippen MR) is 55.3 cm³/mol. The first-order chi connectivity index (χ1) is 7.16. The molecule has 0 radical (unpaired) electrons. The van der Waals surface area contributed by atoms with Crippen LogP contribution in [0.5, 0.6) is 0 Å². The zero-order valence-corrected chi connectivity index (χ0v) is 8.51. The second kappa shape index (κ2) is 3.98. The van der Waals surface area contributed by atoms with E-state index < -0.39 is 0 Å². The van der Waals surface area contributed by atoms with Crippen molar-refractivity contribution in [3.63, 3.8) is 0 Å². The van der Waals surface area contributed by atoms with Crippen molar-refractivity contribution in [2.24, 2.45) is 0 Å². The Morgan fingerprint density at radius 1 is 1.53 bits per heavy atom. The van der Waals surface area contributed by atoms with Crippen LogP contribution in [0.3, 0.4) is 0 Å². The second-order valence-corrected chi connectivity index (χ2v) is 3.79. The van der Waals surface area contributed by atoms with E-state index in [1.54, 1.807) is 13.0 Å². The number of carbonyl (C=O) groups is 1. The molecule has 1 aromatic carbocycles. The van der Waals surface area contributed by atoms with Gasteiger partial charge in [0.2, 0.25) is 0 Å². The summed E-state index contributed by atoms with van der Waals surface area (Å²) in [4.78, 5) is 11.7. The van der Waals surface area contributed by atoms with Crippen LogP contribution >= 0.6 is 0 Å². The van der Waals surface area contributed by atoms with Gasteiger partial charge in [0.15, 0.2) is 0 Å². The molecule has 15 heavy (non-hydrogen) atoms. The van der Waals surface area contributed by atoms with Crippen LogP contribution in [-0.4, -0.2) is 25.0 Å². The molecule has 0 saturated carbocycles. The summed E-state index contributed by atoms with van der Waals surface area (Å²) in [6, 6.07) is 4.43. The van der Waals surface area contributed by atoms with E-state index in [0.717, 1.165) is 18.7 Å². The molecule has 1 aliphatic heterocycles. The monoisotopic (exact) mass is 208 g/mol. The Labute approximate surface area is 87.7 Å². The molecule has 1 saturated heterocycles. The molecular formula is C11H13FN2O. The van der Waals surface area contributed by atoms with Gasteiger partial charge in [0.1, 0.15) is 5.82 Å². The highest BCUT2D eigenvalue weighted by atomic mass is 19.1. The van der Waals surface area contributed by atoms with Gasteiger partial charge in [-0.2, -0.15) is 0 Å². The maximum absolute atomic E-state index is 12.9. The number of amides is 1. The second-order valence-electron chi connectivity index (χ2n) is 3.79. The number of hydrogen-bond donors (Lipinski definition) is 2. The van der Waals surface area contributed by atoms with Crippen molar-refractivity contribution in [3.05, 3.63) is 35.1 Å². The molecule has 3 nitrogen and oxygen atoms in total. The third-order valence-corrected chi connectivity index (χ3v) is 2.56. The number of benzene rings is 1. The van der Waals surface area contributed by atoms with Gasteiger partial charge in [-0.05, 0) is 24.6 Å². The zero-order chi connectivity index (χ0) is 10.8. The van der Waals surface area contributed by atoms with Gasteiger partial charge in [-0.15, -0.1) is 0 Å². The van der Waals surface area contributed by atoms with Crippen LogP contribution in [0.2, 0.25) is 0 Å². The maximum Gasteiger partial charge on any atom is 0.251 e. The summed E-state index contributed by atoms with van der Waals surface area (Å²) in [5.74, 6) is -0.573. The average molecular weight is 208 g/mol. The molecule has 0 bridgehead atoms. The first kappa shape index (κ1) is 10.1. The normalized spacial score (nSPS) is 15.9. The summed E-state index contributed by atoms with van der Waals surface area (Å²) in [5, 5.41) is 5.89. The number of hydrogen-bond acceptors (Lipinski definition) is 2. The van der Waals surface area contributed by atoms with Crippen LogP contribution in [0.4, 0.5) is 4.39 Å². The predicted octanol–water partition coefficient (Wildman–Crippen LogP) is 0.836. The fraction of sp³-hybridized carbons (Fsp3) is 0.364. The number of nitrogens with one attached hydrogen (secondary N) is 2. The van der Waals surface area contributed by atoms with Gasteiger partial charge in [0, 0.05) is 18.7 Å². The van der Waals surface area contributed by atoms with E-state index in [1.807, 2.05) is 0 Å². The number of halogens is 1. The number of aryl methyl sites for hydroxylation is 1. The summed E-state index contributed by atoms with van der Waals surface area (Å²) in [6.07, 6.45) is 0. The zero-order valence-electron chi connectivity index (χ0n) is 8.51. The van der Waals surface area contributed by atoms with Crippen molar-refractivity contribution in [3.8, 4) is 0 Å². The first-order valence-electron chi connectivity index (χ1n) is 4.94. The molecule has 4 heteroatoms. The fourth-order valence-electron chi connectivity index (χ4n) is 1.49. The molecule has 0 atom stereocenters. The molecule has 1 heterocycles. The van der Waals surface area contributed by atoms with Crippen molar-refractivity contribution >= 4 is 5.91 Å². The quantitative estimate of drug-likeness (QED) is 0.756. The minimum Gasteiger partial charge on any atom is -0.347 e. The minimum atomic E-state index is -0.377. The topological polar surface area (TPSA) is 41.1 Å². The van der Waals surface area contributed by atoms with Gasteiger partial charge in [-0.25, -0.2) is 4.39 Å². The molecule has 0 aliphatic carbocycles. The van der Waals surface area contributed by atoms with Crippen molar-refractivity contribution in [2.45, 2.75) is 13.0 Å². The smallest absolute Gasteiger partial charge is 0.251 e. The third kappa shape index (κ3) is 2.15. The van der Waals surface area contributed by atoms with Crippen LogP contribution in [-0.2, 0) is 0 Å². The Balaban J connectivity index is 2.12. The van der Waals surface area contributed by atoms with Gasteiger partial charge in [0.25, 0.3) is 5.91 Å². The van der Waals surface area contributed by atoms with E-state index in [4.69, 9.17) is 0 Å². The van der Waals surface area contributed by atoms with E-state index in [-0.39, 0.29) is 17.8 Å². The van der Waals surface area contributed by atoms with E-state index in [9.17, 15) is 9.18 Å². The Morgan fingerprint density at radius 3 is 2.87 bits per heavy atom. The molecule has 80 valence electrons. The molecule has 1 amide bonds. The Kier molecular flexibility index (Phi) is 2.68. The molecule has 0 spiro atoms. The van der Waals surface area contributed by atoms with Gasteiger partial charge in [-0.3, -0.25) is 4.79 Å². The lowest BCUT2D eigenvalue weighted by molar-refractivity contribution is 0.0923. The van der Waals surface area contributed by atoms with Crippen LogP contribution in [0, 0.1) is 12.7 Å². The molecule has 0 unspecified atom stereocenters. The van der Waals surface area contributed by atoms with Crippen LogP contribution < -0.4 is 10.6 Å². The standard InChI is InChI=1S/C11H13FN2O/c1-7-2-3-8(12)4-10(7)11(15)14-9-5-13-6-9/h2-4,9,13H,5-6H2,1H3,(H,14,15). The highest BCUT2D eigenvalue weighted by Crippen LogP contribution is 2.10. The van der Waals surface area contributed by atoms with Crippen LogP contribution in [0.1, 0.15) is 15.9 Å². The van der Waals surface area contributed by atoms with Gasteiger partial charge in [-0.1, -0.05) is 6.07 Å². The Hall–Kier alpha value is -1.42. The van der Waals surface area contributed by atoms with E-state index in [1.165, 1.54) is 12.1 Å². The summed E-state index contributed by atoms with van der Waals surface area (Å²) >= 11 is 0. The summed E-state index contributed by atoms with van der Waals surface area (Å²) in [6.45, 7) is 3.38. The summed E-state index contributed by atoms with van der Waals surface area (Å²) in [5.41, 5.74) is 1.21. The molecular weight excluding hydrogens is 195 g/mol. The number of rotatable bonds is 2. The van der Waals surface area contributed by atoms with Crippen molar-refractivity contribution in [2.75, 3.05) is 13.1 Å². The van der Waals surface area contributed by atoms with Crippen LogP contribution in [0.25, 0.3) is 0 Å². The van der Waals surface area contributed by atoms with E-state index >= 15 is 0 Å². The summed E-state index contributed by atoms with van der Waals surface area (Å²) in [7, 11) is 0. The fourth-order valence-corrected chi connectivity index (χ4v) is 1.49. The van der Waals surface area contributed by atoms with Crippen molar-refractivity contribution in [1.82, 2.24) is 10.6 Å². The molecule has 1 fully saturated rings. The Bertz CT molecular complexity index is 388. The lowest BCUT2D eigenvalue weighted by Crippen LogP contribution is -2.57. The lowest BCUT2D eigenvalue weighted by Gasteiger charge is -2.28. The van der Waals surface area contributed by atoms with Crippen molar-refractivity contribution < 1.29 is 9.18 Å². The molecule has 1 aromatic rings. The van der Waals surface area contributed by atoms with E-state index in [2.05, 4.69) is 10.6 Å². The van der Waals surface area contributed by atoms with Crippen LogP contribution in [0.15, 0.2) is 18.2 Å². The highest BCUT2D eigenvalue weighted by Gasteiger charge is 2.20. The van der Waals surface area contributed by atoms with Gasteiger partial charge >= 0.3 is 0 Å². The molecule has 0 aromatic heterocycles. The van der Waals surface area contributed by atoms with E-state index in [0.29, 0.717) is 5.56 Å². The lowest BCUT2D eigenvalue weighted by atomic mass is 10.1. The van der Waals surface area contributed by atoms with Crippen molar-refractivity contribution in [1.29, 1.82) is 0 Å². The largest absolute Gasteiger partial charge is 0.347 e. The summed E-state index contributed by atoms with van der Waals surface area (Å²) < 4.78 is 12.9. The SMILES string of the molecule is Cc1ccc(F)cc1C(=O)NC1CNC1. The average Bonchev–Trinajstić information content (AvgIpc) is 2.15. The molecule has 2 N–H and O–H groups in total. The maximum atomic E-state index is 12.9. The molecule has 1 aliphatic rings. The van der Waals surface area contributed by atoms with Gasteiger partial charge in [0.05, 0.1) is 6.04 Å². The molecule has 2 rings (SSSR count). The Morgan fingerprint density at radius 2 is 2.27 bits per heavy atom. The van der Waals surface area contributed by atoms with Gasteiger partial charge < -0.3 is 10.6 Å². The minimum absolute atomic E-state index is 0.181.